The van der Waals surface area contributed by atoms with Gasteiger partial charge in [0.05, 0.1) is 6.54 Å². The predicted octanol–water partition coefficient (Wildman–Crippen LogP) is 4.15. The number of halogens is 1. The molecule has 1 aromatic carbocycles. The monoisotopic (exact) mass is 451 g/mol. The van der Waals surface area contributed by atoms with Crippen molar-refractivity contribution in [1.29, 1.82) is 0 Å². The average Bonchev–Trinajstić information content (AvgIpc) is 3.32. The smallest absolute Gasteiger partial charge is 0.325 e. The van der Waals surface area contributed by atoms with Gasteiger partial charge < -0.3 is 14.3 Å². The molecular formula is C25H26FN3O4. The first-order valence-electron chi connectivity index (χ1n) is 10.7. The van der Waals surface area contributed by atoms with E-state index in [1.54, 1.807) is 45.0 Å². The van der Waals surface area contributed by atoms with Crippen LogP contribution in [0.1, 0.15) is 51.3 Å². The molecule has 3 amide bonds. The molecule has 1 aliphatic rings. The second-order valence-electron chi connectivity index (χ2n) is 8.69. The number of imide groups is 1. The third-order valence-corrected chi connectivity index (χ3v) is 6.28. The summed E-state index contributed by atoms with van der Waals surface area (Å²) in [7, 11) is 0. The van der Waals surface area contributed by atoms with Crippen LogP contribution in [0.4, 0.5) is 9.18 Å². The number of carbonyl (C=O) groups is 3. The first-order chi connectivity index (χ1) is 15.5. The Morgan fingerprint density at radius 2 is 1.76 bits per heavy atom. The van der Waals surface area contributed by atoms with Gasteiger partial charge in [-0.15, -0.1) is 0 Å². The fourth-order valence-corrected chi connectivity index (χ4v) is 4.48. The fourth-order valence-electron chi connectivity index (χ4n) is 4.48. The number of hydrogen-bond acceptors (Lipinski definition) is 4. The van der Waals surface area contributed by atoms with Crippen molar-refractivity contribution >= 4 is 17.7 Å². The molecule has 0 bridgehead atoms. The summed E-state index contributed by atoms with van der Waals surface area (Å²) in [5.74, 6) is 0.0399. The Bertz CT molecular complexity index is 1270. The summed E-state index contributed by atoms with van der Waals surface area (Å²) in [5, 5.41) is 2.72. The largest absolute Gasteiger partial charge is 0.466 e. The van der Waals surface area contributed by atoms with Gasteiger partial charge in [0, 0.05) is 29.1 Å². The SMILES string of the molecule is Cc1cc(C2(C)NC(=O)N(CC(=O)c3cc(C)n(Cc4ccc(F)cc4)c3C)C2=O)c(C)o1. The second kappa shape index (κ2) is 8.03. The van der Waals surface area contributed by atoms with Crippen LogP contribution < -0.4 is 5.32 Å². The van der Waals surface area contributed by atoms with Gasteiger partial charge in [0.2, 0.25) is 0 Å². The van der Waals surface area contributed by atoms with E-state index in [0.29, 0.717) is 29.2 Å². The van der Waals surface area contributed by atoms with Crippen LogP contribution in [-0.4, -0.2) is 33.7 Å². The number of nitrogens with zero attached hydrogens (tertiary/aromatic N) is 2. The summed E-state index contributed by atoms with van der Waals surface area (Å²) in [6.45, 7) is 8.92. The van der Waals surface area contributed by atoms with Gasteiger partial charge in [0.25, 0.3) is 5.91 Å². The van der Waals surface area contributed by atoms with Crippen molar-refractivity contribution in [3.8, 4) is 0 Å². The number of aryl methyl sites for hydroxylation is 3. The lowest BCUT2D eigenvalue weighted by atomic mass is 9.92. The summed E-state index contributed by atoms with van der Waals surface area (Å²) in [6, 6.07) is 9.05. The number of furan rings is 1. The van der Waals surface area contributed by atoms with Crippen molar-refractivity contribution < 1.29 is 23.2 Å². The minimum atomic E-state index is -1.29. The Morgan fingerprint density at radius 1 is 1.09 bits per heavy atom. The summed E-state index contributed by atoms with van der Waals surface area (Å²) in [4.78, 5) is 40.0. The Kier molecular flexibility index (Phi) is 5.47. The van der Waals surface area contributed by atoms with E-state index < -0.39 is 17.5 Å². The van der Waals surface area contributed by atoms with Gasteiger partial charge in [-0.05, 0) is 64.4 Å². The minimum Gasteiger partial charge on any atom is -0.466 e. The highest BCUT2D eigenvalue weighted by atomic mass is 19.1. The van der Waals surface area contributed by atoms with E-state index in [9.17, 15) is 18.8 Å². The van der Waals surface area contributed by atoms with Crippen molar-refractivity contribution in [2.75, 3.05) is 6.54 Å². The number of ketones is 1. The van der Waals surface area contributed by atoms with E-state index in [0.717, 1.165) is 21.9 Å². The normalized spacial score (nSPS) is 18.2. The molecule has 3 aromatic rings. The highest BCUT2D eigenvalue weighted by Crippen LogP contribution is 2.33. The van der Waals surface area contributed by atoms with Crippen molar-refractivity contribution in [3.05, 3.63) is 81.8 Å². The zero-order valence-corrected chi connectivity index (χ0v) is 19.3. The first kappa shape index (κ1) is 22.5. The van der Waals surface area contributed by atoms with Gasteiger partial charge in [-0.2, -0.15) is 0 Å². The molecule has 1 fully saturated rings. The number of aromatic nitrogens is 1. The van der Waals surface area contributed by atoms with Gasteiger partial charge in [-0.1, -0.05) is 12.1 Å². The molecule has 4 rings (SSSR count). The molecule has 2 aromatic heterocycles. The number of rotatable bonds is 6. The molecule has 7 nitrogen and oxygen atoms in total. The van der Waals surface area contributed by atoms with Crippen LogP contribution in [0.5, 0.6) is 0 Å². The Labute approximate surface area is 191 Å². The third kappa shape index (κ3) is 3.86. The van der Waals surface area contributed by atoms with E-state index in [2.05, 4.69) is 5.32 Å². The first-order valence-corrected chi connectivity index (χ1v) is 10.7. The number of hydrogen-bond donors (Lipinski definition) is 1. The zero-order valence-electron chi connectivity index (χ0n) is 19.3. The lowest BCUT2D eigenvalue weighted by molar-refractivity contribution is -0.130. The van der Waals surface area contributed by atoms with Crippen molar-refractivity contribution in [3.63, 3.8) is 0 Å². The molecule has 1 saturated heterocycles. The topological polar surface area (TPSA) is 84.5 Å². The van der Waals surface area contributed by atoms with Crippen molar-refractivity contribution in [2.24, 2.45) is 0 Å². The maximum Gasteiger partial charge on any atom is 0.325 e. The van der Waals surface area contributed by atoms with Gasteiger partial charge in [0.1, 0.15) is 22.9 Å². The molecule has 1 atom stereocenters. The number of amides is 3. The van der Waals surface area contributed by atoms with Crippen LogP contribution in [-0.2, 0) is 16.9 Å². The molecule has 0 spiro atoms. The van der Waals surface area contributed by atoms with Crippen molar-refractivity contribution in [2.45, 2.75) is 46.7 Å². The van der Waals surface area contributed by atoms with E-state index >= 15 is 0 Å². The molecule has 1 unspecified atom stereocenters. The highest BCUT2D eigenvalue weighted by Gasteiger charge is 2.51. The molecule has 172 valence electrons. The van der Waals surface area contributed by atoms with E-state index in [4.69, 9.17) is 4.42 Å². The van der Waals surface area contributed by atoms with Gasteiger partial charge in [-0.25, -0.2) is 9.18 Å². The molecule has 3 heterocycles. The number of Topliss-reactive ketones (excluding diaryl/α,β-unsaturated/α-hetero) is 1. The zero-order chi connectivity index (χ0) is 24.1. The Morgan fingerprint density at radius 3 is 2.36 bits per heavy atom. The van der Waals surface area contributed by atoms with Crippen molar-refractivity contribution in [1.82, 2.24) is 14.8 Å². The minimum absolute atomic E-state index is 0.308. The van der Waals surface area contributed by atoms with Crippen LogP contribution >= 0.6 is 0 Å². The van der Waals surface area contributed by atoms with E-state index in [1.807, 2.05) is 18.4 Å². The molecule has 8 heteroatoms. The van der Waals surface area contributed by atoms with Gasteiger partial charge >= 0.3 is 6.03 Å². The van der Waals surface area contributed by atoms with E-state index in [1.165, 1.54) is 12.1 Å². The van der Waals surface area contributed by atoms with Gasteiger partial charge in [0.15, 0.2) is 5.78 Å². The molecule has 1 aliphatic heterocycles. The summed E-state index contributed by atoms with van der Waals surface area (Å²) in [6.07, 6.45) is 0. The maximum atomic E-state index is 13.2. The summed E-state index contributed by atoms with van der Waals surface area (Å²) in [5.41, 5.74) is 2.20. The molecule has 33 heavy (non-hydrogen) atoms. The van der Waals surface area contributed by atoms with Crippen LogP contribution in [0.15, 0.2) is 40.8 Å². The lowest BCUT2D eigenvalue weighted by Gasteiger charge is -2.21. The number of urea groups is 1. The second-order valence-corrected chi connectivity index (χ2v) is 8.69. The Hall–Kier alpha value is -3.68. The summed E-state index contributed by atoms with van der Waals surface area (Å²) < 4.78 is 20.7. The van der Waals surface area contributed by atoms with Crippen LogP contribution in [0, 0.1) is 33.5 Å². The third-order valence-electron chi connectivity index (χ3n) is 6.28. The van der Waals surface area contributed by atoms with E-state index in [-0.39, 0.29) is 18.1 Å². The maximum absolute atomic E-state index is 13.2. The lowest BCUT2D eigenvalue weighted by Crippen LogP contribution is -2.41. The number of carbonyl (C=O) groups excluding carboxylic acids is 3. The van der Waals surface area contributed by atoms with Gasteiger partial charge in [-0.3, -0.25) is 14.5 Å². The highest BCUT2D eigenvalue weighted by molar-refractivity contribution is 6.11. The quantitative estimate of drug-likeness (QED) is 0.451. The molecule has 0 aliphatic carbocycles. The van der Waals surface area contributed by atoms with Crippen LogP contribution in [0.3, 0.4) is 0 Å². The fraction of sp³-hybridized carbons (Fsp3) is 0.320. The standard InChI is InChI=1S/C25H26FN3O4/c1-14-10-20(16(3)28(14)12-18-6-8-19(26)9-7-18)22(30)13-29-23(31)25(5,27-24(29)32)21-11-15(2)33-17(21)4/h6-11H,12-13H2,1-5H3,(H,27,32). The number of nitrogens with one attached hydrogen (secondary N) is 1. The summed E-state index contributed by atoms with van der Waals surface area (Å²) >= 11 is 0. The Balaban J connectivity index is 1.56. The molecule has 0 saturated carbocycles. The average molecular weight is 451 g/mol. The molecular weight excluding hydrogens is 425 g/mol. The molecule has 0 radical (unpaired) electrons. The predicted molar refractivity (Wildman–Crippen MR) is 120 cm³/mol. The molecule has 1 N–H and O–H groups in total. The van der Waals surface area contributed by atoms with Crippen LogP contribution in [0.2, 0.25) is 0 Å². The number of benzene rings is 1. The van der Waals surface area contributed by atoms with Crippen LogP contribution in [0.25, 0.3) is 0 Å².